The minimum Gasteiger partial charge on any atom is -0.325 e. The second kappa shape index (κ2) is 5.41. The SMILES string of the molecule is CC(CCN1C(=O)C2(CC2)NC1C1CCCC1)S(C)=O. The topological polar surface area (TPSA) is 49.4 Å². The van der Waals surface area contributed by atoms with Crippen LogP contribution in [0.15, 0.2) is 0 Å². The molecule has 0 aromatic rings. The Hall–Kier alpha value is -0.420. The van der Waals surface area contributed by atoms with Gasteiger partial charge in [0.05, 0.1) is 11.7 Å². The van der Waals surface area contributed by atoms with Crippen LogP contribution in [0, 0.1) is 5.92 Å². The summed E-state index contributed by atoms with van der Waals surface area (Å²) >= 11 is 0. The number of hydrogen-bond donors (Lipinski definition) is 1. The van der Waals surface area contributed by atoms with E-state index in [1.165, 1.54) is 25.7 Å². The van der Waals surface area contributed by atoms with Gasteiger partial charge in [0.2, 0.25) is 5.91 Å². The van der Waals surface area contributed by atoms with Crippen molar-refractivity contribution in [2.45, 2.75) is 68.8 Å². The molecule has 3 rings (SSSR count). The molecule has 0 aromatic carbocycles. The van der Waals surface area contributed by atoms with Gasteiger partial charge in [0.25, 0.3) is 0 Å². The summed E-state index contributed by atoms with van der Waals surface area (Å²) < 4.78 is 11.5. The summed E-state index contributed by atoms with van der Waals surface area (Å²) in [6.45, 7) is 2.77. The second-order valence-electron chi connectivity index (χ2n) is 6.81. The van der Waals surface area contributed by atoms with Gasteiger partial charge in [-0.25, -0.2) is 0 Å². The molecule has 1 spiro atoms. The highest BCUT2D eigenvalue weighted by molar-refractivity contribution is 7.84. The molecule has 3 fully saturated rings. The number of amides is 1. The van der Waals surface area contributed by atoms with E-state index >= 15 is 0 Å². The van der Waals surface area contributed by atoms with Gasteiger partial charge in [-0.3, -0.25) is 14.3 Å². The Balaban J connectivity index is 1.67. The van der Waals surface area contributed by atoms with Gasteiger partial charge in [0.1, 0.15) is 0 Å². The first-order valence-electron chi connectivity index (χ1n) is 7.94. The predicted molar refractivity (Wildman–Crippen MR) is 80.7 cm³/mol. The van der Waals surface area contributed by atoms with Crippen LogP contribution in [0.4, 0.5) is 0 Å². The largest absolute Gasteiger partial charge is 0.325 e. The Morgan fingerprint density at radius 3 is 2.60 bits per heavy atom. The third-order valence-electron chi connectivity index (χ3n) is 5.37. The van der Waals surface area contributed by atoms with Crippen LogP contribution in [0.3, 0.4) is 0 Å². The maximum Gasteiger partial charge on any atom is 0.244 e. The summed E-state index contributed by atoms with van der Waals surface area (Å²) in [7, 11) is -0.797. The Bertz CT molecular complexity index is 416. The monoisotopic (exact) mass is 298 g/mol. The zero-order chi connectivity index (χ0) is 14.3. The summed E-state index contributed by atoms with van der Waals surface area (Å²) in [6.07, 6.45) is 9.92. The van der Waals surface area contributed by atoms with Gasteiger partial charge in [0.15, 0.2) is 0 Å². The molecular formula is C15H26N2O2S. The number of rotatable bonds is 5. The highest BCUT2D eigenvalue weighted by atomic mass is 32.2. The standard InChI is InChI=1S/C15H26N2O2S/c1-11(20(2)19)7-10-17-13(12-5-3-4-6-12)16-15(8-9-15)14(17)18/h11-13,16H,3-10H2,1-2H3. The van der Waals surface area contributed by atoms with E-state index in [0.717, 1.165) is 25.8 Å². The molecule has 20 heavy (non-hydrogen) atoms. The molecule has 2 aliphatic carbocycles. The van der Waals surface area contributed by atoms with Crippen molar-refractivity contribution in [1.29, 1.82) is 0 Å². The lowest BCUT2D eigenvalue weighted by Gasteiger charge is -2.29. The molecule has 2 saturated carbocycles. The fourth-order valence-electron chi connectivity index (χ4n) is 3.68. The lowest BCUT2D eigenvalue weighted by molar-refractivity contribution is -0.131. The van der Waals surface area contributed by atoms with Gasteiger partial charge in [-0.2, -0.15) is 0 Å². The lowest BCUT2D eigenvalue weighted by atomic mass is 10.0. The van der Waals surface area contributed by atoms with E-state index < -0.39 is 10.8 Å². The lowest BCUT2D eigenvalue weighted by Crippen LogP contribution is -2.43. The van der Waals surface area contributed by atoms with E-state index in [-0.39, 0.29) is 17.0 Å². The summed E-state index contributed by atoms with van der Waals surface area (Å²) in [4.78, 5) is 14.7. The number of nitrogens with one attached hydrogen (secondary N) is 1. The number of nitrogens with zero attached hydrogens (tertiary/aromatic N) is 1. The van der Waals surface area contributed by atoms with Crippen LogP contribution in [-0.2, 0) is 15.6 Å². The van der Waals surface area contributed by atoms with Crippen molar-refractivity contribution in [2.75, 3.05) is 12.8 Å². The van der Waals surface area contributed by atoms with Gasteiger partial charge in [-0.1, -0.05) is 19.8 Å². The first kappa shape index (κ1) is 14.5. The van der Waals surface area contributed by atoms with Gasteiger partial charge in [0, 0.05) is 28.9 Å². The molecule has 3 atom stereocenters. The highest BCUT2D eigenvalue weighted by Crippen LogP contribution is 2.45. The molecule has 3 aliphatic rings. The first-order valence-corrected chi connectivity index (χ1v) is 9.57. The van der Waals surface area contributed by atoms with Crippen LogP contribution in [0.1, 0.15) is 51.9 Å². The van der Waals surface area contributed by atoms with Crippen molar-refractivity contribution in [2.24, 2.45) is 5.92 Å². The van der Waals surface area contributed by atoms with E-state index in [9.17, 15) is 9.00 Å². The molecule has 1 N–H and O–H groups in total. The molecule has 1 heterocycles. The number of hydrogen-bond acceptors (Lipinski definition) is 3. The quantitative estimate of drug-likeness (QED) is 0.839. The van der Waals surface area contributed by atoms with E-state index in [2.05, 4.69) is 10.2 Å². The normalized spacial score (nSPS) is 32.0. The van der Waals surface area contributed by atoms with Crippen molar-refractivity contribution in [3.63, 3.8) is 0 Å². The van der Waals surface area contributed by atoms with Crippen molar-refractivity contribution < 1.29 is 9.00 Å². The summed E-state index contributed by atoms with van der Waals surface area (Å²) in [5, 5.41) is 3.81. The third kappa shape index (κ3) is 2.54. The Morgan fingerprint density at radius 1 is 1.40 bits per heavy atom. The van der Waals surface area contributed by atoms with E-state index in [4.69, 9.17) is 0 Å². The summed E-state index contributed by atoms with van der Waals surface area (Å²) in [6, 6.07) is 0. The van der Waals surface area contributed by atoms with Crippen LogP contribution >= 0.6 is 0 Å². The average Bonchev–Trinajstić information content (AvgIpc) is 2.90. The molecular weight excluding hydrogens is 272 g/mol. The first-order chi connectivity index (χ1) is 9.53. The zero-order valence-electron chi connectivity index (χ0n) is 12.6. The molecule has 3 unspecified atom stereocenters. The van der Waals surface area contributed by atoms with Crippen LogP contribution in [-0.4, -0.2) is 44.8 Å². The fraction of sp³-hybridized carbons (Fsp3) is 0.933. The minimum atomic E-state index is -0.797. The molecule has 0 aromatic heterocycles. The molecule has 4 nitrogen and oxygen atoms in total. The Labute approximate surface area is 124 Å². The molecule has 0 radical (unpaired) electrons. The number of carbonyl (C=O) groups excluding carboxylic acids is 1. The zero-order valence-corrected chi connectivity index (χ0v) is 13.4. The van der Waals surface area contributed by atoms with Crippen molar-refractivity contribution in [1.82, 2.24) is 10.2 Å². The minimum absolute atomic E-state index is 0.169. The van der Waals surface area contributed by atoms with Crippen LogP contribution < -0.4 is 5.32 Å². The summed E-state index contributed by atoms with van der Waals surface area (Å²) in [5.41, 5.74) is -0.206. The maximum absolute atomic E-state index is 12.6. The Kier molecular flexibility index (Phi) is 3.93. The van der Waals surface area contributed by atoms with Gasteiger partial charge in [-0.05, 0) is 38.0 Å². The smallest absolute Gasteiger partial charge is 0.244 e. The summed E-state index contributed by atoms with van der Waals surface area (Å²) in [5.74, 6) is 0.935. The van der Waals surface area contributed by atoms with Gasteiger partial charge in [-0.15, -0.1) is 0 Å². The van der Waals surface area contributed by atoms with E-state index in [1.54, 1.807) is 6.26 Å². The number of carbonyl (C=O) groups is 1. The van der Waals surface area contributed by atoms with Crippen molar-refractivity contribution in [3.8, 4) is 0 Å². The van der Waals surface area contributed by atoms with Crippen molar-refractivity contribution >= 4 is 16.7 Å². The van der Waals surface area contributed by atoms with Crippen LogP contribution in [0.25, 0.3) is 0 Å². The van der Waals surface area contributed by atoms with Crippen molar-refractivity contribution in [3.05, 3.63) is 0 Å². The fourth-order valence-corrected chi connectivity index (χ4v) is 4.12. The van der Waals surface area contributed by atoms with Gasteiger partial charge >= 0.3 is 0 Å². The molecule has 1 amide bonds. The maximum atomic E-state index is 12.6. The molecule has 114 valence electrons. The molecule has 0 bridgehead atoms. The molecule has 5 heteroatoms. The molecule has 1 aliphatic heterocycles. The van der Waals surface area contributed by atoms with Crippen LogP contribution in [0.5, 0.6) is 0 Å². The molecule has 1 saturated heterocycles. The second-order valence-corrected chi connectivity index (χ2v) is 8.61. The van der Waals surface area contributed by atoms with E-state index in [0.29, 0.717) is 11.8 Å². The van der Waals surface area contributed by atoms with Crippen LogP contribution in [0.2, 0.25) is 0 Å². The van der Waals surface area contributed by atoms with Gasteiger partial charge < -0.3 is 4.90 Å². The average molecular weight is 298 g/mol. The third-order valence-corrected chi connectivity index (χ3v) is 6.74. The predicted octanol–water partition coefficient (Wildman–Crippen LogP) is 1.62. The van der Waals surface area contributed by atoms with E-state index in [1.807, 2.05) is 6.92 Å². The Morgan fingerprint density at radius 2 is 2.05 bits per heavy atom. The highest BCUT2D eigenvalue weighted by Gasteiger charge is 2.60.